The van der Waals surface area contributed by atoms with E-state index in [1.165, 1.54) is 17.2 Å². The van der Waals surface area contributed by atoms with Gasteiger partial charge in [-0.15, -0.1) is 12.4 Å². The highest BCUT2D eigenvalue weighted by molar-refractivity contribution is 5.85. The fourth-order valence-electron chi connectivity index (χ4n) is 5.26. The second kappa shape index (κ2) is 13.8. The number of nitrogens with zero attached hydrogens (tertiary/aromatic N) is 4. The first kappa shape index (κ1) is 31.8. The zero-order chi connectivity index (χ0) is 28.9. The number of anilines is 2. The Kier molecular flexibility index (Phi) is 10.7. The van der Waals surface area contributed by atoms with Crippen molar-refractivity contribution in [1.82, 2.24) is 5.16 Å². The molecule has 0 saturated heterocycles. The smallest absolute Gasteiger partial charge is 0.416 e. The number of carboxylic acid groups (broad SMARTS) is 1. The third-order valence-electron chi connectivity index (χ3n) is 7.20. The van der Waals surface area contributed by atoms with Crippen LogP contribution in [0.1, 0.15) is 71.7 Å². The SMILES string of the molecule is CCN(CCCCC(=O)O)c1cc2c(cc1CN(Cc1cc(C#N)cc(C(F)(F)F)c1)c1cc(C)no1)CCC2.Cl. The minimum Gasteiger partial charge on any atom is -0.481 e. The van der Waals surface area contributed by atoms with Crippen molar-refractivity contribution >= 4 is 29.9 Å². The molecule has 0 unspecified atom stereocenters. The van der Waals surface area contributed by atoms with Gasteiger partial charge in [-0.25, -0.2) is 0 Å². The number of rotatable bonds is 12. The summed E-state index contributed by atoms with van der Waals surface area (Å²) in [5, 5.41) is 22.4. The zero-order valence-corrected chi connectivity index (χ0v) is 23.9. The molecule has 220 valence electrons. The molecular formula is C30H34ClF3N4O3. The molecule has 1 aliphatic rings. The summed E-state index contributed by atoms with van der Waals surface area (Å²) in [5.41, 5.74) is 4.64. The molecule has 0 saturated carbocycles. The van der Waals surface area contributed by atoms with Crippen LogP contribution in [0.4, 0.5) is 24.7 Å². The van der Waals surface area contributed by atoms with E-state index in [4.69, 9.17) is 9.63 Å². The predicted octanol–water partition coefficient (Wildman–Crippen LogP) is 7.07. The Morgan fingerprint density at radius 1 is 1.07 bits per heavy atom. The Hall–Kier alpha value is -3.71. The van der Waals surface area contributed by atoms with Gasteiger partial charge in [-0.3, -0.25) is 4.79 Å². The average Bonchev–Trinajstić information content (AvgIpc) is 3.55. The van der Waals surface area contributed by atoms with E-state index < -0.39 is 17.7 Å². The van der Waals surface area contributed by atoms with E-state index >= 15 is 0 Å². The average molecular weight is 591 g/mol. The van der Waals surface area contributed by atoms with Crippen LogP contribution in [-0.2, 0) is 36.9 Å². The molecule has 4 rings (SSSR count). The molecular weight excluding hydrogens is 557 g/mol. The van der Waals surface area contributed by atoms with Crippen molar-refractivity contribution in [2.75, 3.05) is 22.9 Å². The molecule has 0 fully saturated rings. The number of benzene rings is 2. The minimum atomic E-state index is -4.58. The van der Waals surface area contributed by atoms with Crippen molar-refractivity contribution in [3.05, 3.63) is 75.5 Å². The second-order valence-corrected chi connectivity index (χ2v) is 10.2. The number of aliphatic carboxylic acids is 1. The molecule has 1 aliphatic carbocycles. The van der Waals surface area contributed by atoms with Gasteiger partial charge in [-0.2, -0.15) is 18.4 Å². The molecule has 0 radical (unpaired) electrons. The van der Waals surface area contributed by atoms with Crippen LogP contribution < -0.4 is 9.80 Å². The standard InChI is InChI=1S/C30H33F3N4O3.ClH/c1-3-36(10-5-4-9-29(38)39)27-16-24-8-6-7-23(24)15-25(27)19-37(28-11-20(2)35-40-28)18-22-12-21(17-34)13-26(14-22)30(31,32)33;/h11-16H,3-10,18-19H2,1-2H3,(H,38,39);1H. The van der Waals surface area contributed by atoms with Gasteiger partial charge in [0.25, 0.3) is 0 Å². The highest BCUT2D eigenvalue weighted by Gasteiger charge is 2.31. The number of hydrogen-bond acceptors (Lipinski definition) is 6. The van der Waals surface area contributed by atoms with Gasteiger partial charge in [0.2, 0.25) is 5.88 Å². The van der Waals surface area contributed by atoms with E-state index in [-0.39, 0.29) is 30.9 Å². The molecule has 0 atom stereocenters. The van der Waals surface area contributed by atoms with Crippen LogP contribution in [0.3, 0.4) is 0 Å². The van der Waals surface area contributed by atoms with Gasteiger partial charge < -0.3 is 19.4 Å². The number of carbonyl (C=O) groups is 1. The monoisotopic (exact) mass is 590 g/mol. The lowest BCUT2D eigenvalue weighted by molar-refractivity contribution is -0.138. The third-order valence-corrected chi connectivity index (χ3v) is 7.20. The van der Waals surface area contributed by atoms with Crippen LogP contribution in [0.5, 0.6) is 0 Å². The molecule has 0 amide bonds. The van der Waals surface area contributed by atoms with E-state index in [0.29, 0.717) is 36.7 Å². The van der Waals surface area contributed by atoms with Crippen LogP contribution in [0.25, 0.3) is 0 Å². The van der Waals surface area contributed by atoms with Crippen LogP contribution in [0.2, 0.25) is 0 Å². The Morgan fingerprint density at radius 2 is 1.80 bits per heavy atom. The van der Waals surface area contributed by atoms with Crippen LogP contribution >= 0.6 is 12.4 Å². The van der Waals surface area contributed by atoms with Crippen molar-refractivity contribution in [2.24, 2.45) is 0 Å². The Bertz CT molecular complexity index is 1400. The van der Waals surface area contributed by atoms with E-state index in [1.54, 1.807) is 13.0 Å². The Labute approximate surface area is 243 Å². The minimum absolute atomic E-state index is 0. The van der Waals surface area contributed by atoms with Gasteiger partial charge in [0, 0.05) is 44.4 Å². The zero-order valence-electron chi connectivity index (χ0n) is 23.1. The first-order chi connectivity index (χ1) is 19.1. The number of hydrogen-bond donors (Lipinski definition) is 1. The molecule has 0 spiro atoms. The summed E-state index contributed by atoms with van der Waals surface area (Å²) in [5.74, 6) is -0.391. The molecule has 3 aromatic rings. The van der Waals surface area contributed by atoms with Crippen molar-refractivity contribution in [3.63, 3.8) is 0 Å². The summed E-state index contributed by atoms with van der Waals surface area (Å²) < 4.78 is 46.3. The third kappa shape index (κ3) is 8.17. The predicted molar refractivity (Wildman–Crippen MR) is 152 cm³/mol. The summed E-state index contributed by atoms with van der Waals surface area (Å²) in [4.78, 5) is 15.1. The van der Waals surface area contributed by atoms with Gasteiger partial charge >= 0.3 is 12.1 Å². The van der Waals surface area contributed by atoms with Crippen molar-refractivity contribution in [1.29, 1.82) is 5.26 Å². The molecule has 2 aromatic carbocycles. The van der Waals surface area contributed by atoms with E-state index in [0.717, 1.165) is 55.6 Å². The van der Waals surface area contributed by atoms with E-state index in [9.17, 15) is 23.2 Å². The molecule has 1 N–H and O–H groups in total. The topological polar surface area (TPSA) is 93.6 Å². The quantitative estimate of drug-likeness (QED) is 0.225. The van der Waals surface area contributed by atoms with Crippen molar-refractivity contribution in [2.45, 2.75) is 71.6 Å². The number of alkyl halides is 3. The summed E-state index contributed by atoms with van der Waals surface area (Å²) in [6.07, 6.45) is -0.136. The van der Waals surface area contributed by atoms with Crippen molar-refractivity contribution in [3.8, 4) is 6.07 Å². The molecule has 1 aromatic heterocycles. The lowest BCUT2D eigenvalue weighted by Gasteiger charge is -2.30. The summed E-state index contributed by atoms with van der Waals surface area (Å²) in [6.45, 7) is 5.67. The van der Waals surface area contributed by atoms with Crippen molar-refractivity contribution < 1.29 is 27.6 Å². The van der Waals surface area contributed by atoms with E-state index in [2.05, 4.69) is 29.1 Å². The Balaban J connectivity index is 0.00000462. The number of aromatic nitrogens is 1. The molecule has 7 nitrogen and oxygen atoms in total. The molecule has 41 heavy (non-hydrogen) atoms. The largest absolute Gasteiger partial charge is 0.481 e. The number of halogens is 4. The van der Waals surface area contributed by atoms with Gasteiger partial charge in [-0.1, -0.05) is 11.2 Å². The van der Waals surface area contributed by atoms with Crippen LogP contribution in [-0.4, -0.2) is 29.3 Å². The molecule has 0 aliphatic heterocycles. The fraction of sp³-hybridized carbons (Fsp3) is 0.433. The first-order valence-corrected chi connectivity index (χ1v) is 13.5. The number of unbranched alkanes of at least 4 members (excludes halogenated alkanes) is 1. The normalized spacial score (nSPS) is 12.4. The summed E-state index contributed by atoms with van der Waals surface area (Å²) in [7, 11) is 0. The Morgan fingerprint density at radius 3 is 2.41 bits per heavy atom. The highest BCUT2D eigenvalue weighted by atomic mass is 35.5. The number of fused-ring (bicyclic) bond motifs is 1. The molecule has 1 heterocycles. The van der Waals surface area contributed by atoms with Crippen LogP contribution in [0.15, 0.2) is 40.9 Å². The second-order valence-electron chi connectivity index (χ2n) is 10.2. The lowest BCUT2D eigenvalue weighted by Crippen LogP contribution is -2.28. The number of nitriles is 1. The summed E-state index contributed by atoms with van der Waals surface area (Å²) in [6, 6.07) is 11.4. The van der Waals surface area contributed by atoms with Gasteiger partial charge in [0.1, 0.15) is 0 Å². The maximum atomic E-state index is 13.6. The van der Waals surface area contributed by atoms with Crippen LogP contribution in [0, 0.1) is 18.3 Å². The highest BCUT2D eigenvalue weighted by Crippen LogP contribution is 2.35. The number of aryl methyl sites for hydroxylation is 3. The molecule has 11 heteroatoms. The fourth-order valence-corrected chi connectivity index (χ4v) is 5.26. The first-order valence-electron chi connectivity index (χ1n) is 13.5. The molecule has 0 bridgehead atoms. The van der Waals surface area contributed by atoms with Gasteiger partial charge in [-0.05, 0) is 92.5 Å². The number of carboxylic acids is 1. The maximum Gasteiger partial charge on any atom is 0.416 e. The maximum absolute atomic E-state index is 13.6. The van der Waals surface area contributed by atoms with Gasteiger partial charge in [0.15, 0.2) is 0 Å². The van der Waals surface area contributed by atoms with E-state index in [1.807, 2.05) is 11.0 Å². The summed E-state index contributed by atoms with van der Waals surface area (Å²) >= 11 is 0. The lowest BCUT2D eigenvalue weighted by atomic mass is 10.0. The van der Waals surface area contributed by atoms with Gasteiger partial charge in [0.05, 0.1) is 22.9 Å².